The number of hydrogen-bond acceptors (Lipinski definition) is 6. The second-order valence-corrected chi connectivity index (χ2v) is 10.4. The molecule has 9 heteroatoms. The Kier molecular flexibility index (Phi) is 6.86. The van der Waals surface area contributed by atoms with E-state index in [9.17, 15) is 13.2 Å². The van der Waals surface area contributed by atoms with Crippen LogP contribution in [0.15, 0.2) is 35.2 Å². The number of methoxy groups -OCH3 is 1. The molecule has 0 saturated carbocycles. The van der Waals surface area contributed by atoms with Crippen molar-refractivity contribution in [3.05, 3.63) is 52.6 Å². The third kappa shape index (κ3) is 4.76. The Labute approximate surface area is 200 Å². The number of benzene rings is 2. The topological polar surface area (TPSA) is 85.4 Å². The first-order valence-electron chi connectivity index (χ1n) is 11.2. The van der Waals surface area contributed by atoms with E-state index in [1.165, 1.54) is 10.4 Å². The van der Waals surface area contributed by atoms with E-state index in [1.807, 2.05) is 32.9 Å². The van der Waals surface area contributed by atoms with Gasteiger partial charge in [0, 0.05) is 32.3 Å². The smallest absolute Gasteiger partial charge is 0.246 e. The van der Waals surface area contributed by atoms with Crippen molar-refractivity contribution >= 4 is 22.0 Å². The first-order chi connectivity index (χ1) is 16.2. The third-order valence-corrected chi connectivity index (χ3v) is 8.23. The van der Waals surface area contributed by atoms with Gasteiger partial charge in [0.1, 0.15) is 13.2 Å². The van der Waals surface area contributed by atoms with Gasteiger partial charge in [0.25, 0.3) is 0 Å². The molecule has 0 N–H and O–H groups in total. The van der Waals surface area contributed by atoms with E-state index in [4.69, 9.17) is 14.2 Å². The highest BCUT2D eigenvalue weighted by Gasteiger charge is 2.31. The maximum atomic E-state index is 13.3. The first-order valence-corrected chi connectivity index (χ1v) is 12.7. The Balaban J connectivity index is 1.43. The van der Waals surface area contributed by atoms with Crippen LogP contribution in [0.25, 0.3) is 6.08 Å². The lowest BCUT2D eigenvalue weighted by Gasteiger charge is -2.34. The summed E-state index contributed by atoms with van der Waals surface area (Å²) >= 11 is 0. The molecule has 0 aromatic heterocycles. The highest BCUT2D eigenvalue weighted by atomic mass is 32.2. The summed E-state index contributed by atoms with van der Waals surface area (Å²) in [7, 11) is -2.07. The van der Waals surface area contributed by atoms with Crippen molar-refractivity contribution in [1.29, 1.82) is 0 Å². The van der Waals surface area contributed by atoms with Crippen LogP contribution in [0.3, 0.4) is 0 Å². The van der Waals surface area contributed by atoms with Crippen molar-refractivity contribution in [2.45, 2.75) is 25.7 Å². The van der Waals surface area contributed by atoms with Gasteiger partial charge >= 0.3 is 0 Å². The first kappa shape index (κ1) is 24.1. The summed E-state index contributed by atoms with van der Waals surface area (Å²) in [5, 5.41) is 0. The maximum Gasteiger partial charge on any atom is 0.246 e. The summed E-state index contributed by atoms with van der Waals surface area (Å²) in [5.41, 5.74) is 3.27. The summed E-state index contributed by atoms with van der Waals surface area (Å²) in [6, 6.07) is 7.36. The molecule has 2 heterocycles. The molecule has 1 amide bonds. The fourth-order valence-electron chi connectivity index (χ4n) is 4.51. The van der Waals surface area contributed by atoms with Gasteiger partial charge in [0.2, 0.25) is 21.7 Å². The van der Waals surface area contributed by atoms with Gasteiger partial charge in [0.05, 0.1) is 12.0 Å². The largest absolute Gasteiger partial charge is 0.493 e. The minimum atomic E-state index is -3.62. The zero-order valence-electron chi connectivity index (χ0n) is 20.0. The monoisotopic (exact) mass is 486 g/mol. The predicted molar refractivity (Wildman–Crippen MR) is 129 cm³/mol. The van der Waals surface area contributed by atoms with Crippen molar-refractivity contribution in [2.75, 3.05) is 46.5 Å². The molecule has 2 aliphatic rings. The Morgan fingerprint density at radius 2 is 1.62 bits per heavy atom. The number of carbonyl (C=O) groups excluding carboxylic acids is 1. The second kappa shape index (κ2) is 9.68. The van der Waals surface area contributed by atoms with E-state index in [0.29, 0.717) is 48.4 Å². The van der Waals surface area contributed by atoms with E-state index in [-0.39, 0.29) is 19.0 Å². The highest BCUT2D eigenvalue weighted by molar-refractivity contribution is 7.89. The van der Waals surface area contributed by atoms with E-state index in [1.54, 1.807) is 30.2 Å². The molecule has 4 rings (SSSR count). The average Bonchev–Trinajstić information content (AvgIpc) is 2.81. The van der Waals surface area contributed by atoms with Crippen LogP contribution in [0.5, 0.6) is 17.2 Å². The standard InChI is InChI=1S/C25H30N2O6S/c1-17-13-18(2)25(19(3)14-17)34(29,30)27-9-7-26(8-10-27)23(28)6-5-20-15-21(31-4)24-22(16-20)32-11-12-33-24/h5-6,13-16H,7-12H2,1-4H3/b6-5+. The van der Waals surface area contributed by atoms with Crippen molar-refractivity contribution < 1.29 is 27.4 Å². The molecule has 0 radical (unpaired) electrons. The molecule has 0 spiro atoms. The number of hydrogen-bond donors (Lipinski definition) is 0. The summed E-state index contributed by atoms with van der Waals surface area (Å²) in [6.45, 7) is 7.69. The molecule has 0 atom stereocenters. The van der Waals surface area contributed by atoms with Gasteiger partial charge < -0.3 is 19.1 Å². The van der Waals surface area contributed by atoms with Crippen molar-refractivity contribution in [2.24, 2.45) is 0 Å². The van der Waals surface area contributed by atoms with Gasteiger partial charge in [-0.3, -0.25) is 4.79 Å². The number of piperazine rings is 1. The number of ether oxygens (including phenoxy) is 3. The van der Waals surface area contributed by atoms with E-state index in [2.05, 4.69) is 0 Å². The van der Waals surface area contributed by atoms with Crippen LogP contribution in [-0.4, -0.2) is 70.0 Å². The quantitative estimate of drug-likeness (QED) is 0.604. The van der Waals surface area contributed by atoms with Gasteiger partial charge in [-0.25, -0.2) is 8.42 Å². The molecule has 2 aliphatic heterocycles. The molecule has 2 aromatic rings. The molecule has 0 bridgehead atoms. The molecule has 1 saturated heterocycles. The molecule has 2 aromatic carbocycles. The number of aryl methyl sites for hydroxylation is 3. The van der Waals surface area contributed by atoms with E-state index < -0.39 is 10.0 Å². The number of nitrogens with zero attached hydrogens (tertiary/aromatic N) is 2. The maximum absolute atomic E-state index is 13.3. The molecule has 182 valence electrons. The number of carbonyl (C=O) groups is 1. The van der Waals surface area contributed by atoms with Crippen LogP contribution in [-0.2, 0) is 14.8 Å². The predicted octanol–water partition coefficient (Wildman–Crippen LogP) is 2.94. The lowest BCUT2D eigenvalue weighted by molar-refractivity contribution is -0.127. The van der Waals surface area contributed by atoms with Gasteiger partial charge in [-0.05, 0) is 55.7 Å². The van der Waals surface area contributed by atoms with Crippen LogP contribution in [0.2, 0.25) is 0 Å². The minimum absolute atomic E-state index is 0.173. The van der Waals surface area contributed by atoms with Gasteiger partial charge in [-0.15, -0.1) is 0 Å². The Hall–Kier alpha value is -3.04. The Morgan fingerprint density at radius 1 is 0.971 bits per heavy atom. The number of rotatable bonds is 5. The number of amides is 1. The van der Waals surface area contributed by atoms with Crippen molar-refractivity contribution in [3.8, 4) is 17.2 Å². The summed E-state index contributed by atoms with van der Waals surface area (Å²) in [5.74, 6) is 1.52. The summed E-state index contributed by atoms with van der Waals surface area (Å²) in [4.78, 5) is 14.8. The summed E-state index contributed by atoms with van der Waals surface area (Å²) in [6.07, 6.45) is 3.19. The Morgan fingerprint density at radius 3 is 2.26 bits per heavy atom. The lowest BCUT2D eigenvalue weighted by Crippen LogP contribution is -2.50. The third-order valence-electron chi connectivity index (χ3n) is 6.02. The number of sulfonamides is 1. The molecule has 0 unspecified atom stereocenters. The van der Waals surface area contributed by atoms with Crippen molar-refractivity contribution in [1.82, 2.24) is 9.21 Å². The molecule has 34 heavy (non-hydrogen) atoms. The molecular formula is C25H30N2O6S. The average molecular weight is 487 g/mol. The fourth-order valence-corrected chi connectivity index (χ4v) is 6.35. The minimum Gasteiger partial charge on any atom is -0.493 e. The molecule has 0 aliphatic carbocycles. The molecule has 8 nitrogen and oxygen atoms in total. The van der Waals surface area contributed by atoms with Crippen LogP contribution < -0.4 is 14.2 Å². The van der Waals surface area contributed by atoms with Gasteiger partial charge in [-0.1, -0.05) is 17.7 Å². The second-order valence-electron chi connectivity index (χ2n) is 8.54. The lowest BCUT2D eigenvalue weighted by atomic mass is 10.1. The molecule has 1 fully saturated rings. The van der Waals surface area contributed by atoms with E-state index >= 15 is 0 Å². The van der Waals surface area contributed by atoms with Crippen LogP contribution in [0.1, 0.15) is 22.3 Å². The normalized spacial score (nSPS) is 16.6. The fraction of sp³-hybridized carbons (Fsp3) is 0.400. The Bertz CT molecular complexity index is 1190. The highest BCUT2D eigenvalue weighted by Crippen LogP contribution is 2.40. The SMILES string of the molecule is COc1cc(/C=C/C(=O)N2CCN(S(=O)(=O)c3c(C)cc(C)cc3C)CC2)cc2c1OCCO2. The van der Waals surface area contributed by atoms with Crippen LogP contribution in [0.4, 0.5) is 0 Å². The van der Waals surface area contributed by atoms with Crippen LogP contribution >= 0.6 is 0 Å². The van der Waals surface area contributed by atoms with Gasteiger partial charge in [0.15, 0.2) is 11.5 Å². The van der Waals surface area contributed by atoms with Gasteiger partial charge in [-0.2, -0.15) is 4.31 Å². The summed E-state index contributed by atoms with van der Waals surface area (Å²) < 4.78 is 44.7. The van der Waals surface area contributed by atoms with Crippen LogP contribution in [0, 0.1) is 20.8 Å². The number of fused-ring (bicyclic) bond motifs is 1. The zero-order chi connectivity index (χ0) is 24.5. The van der Waals surface area contributed by atoms with E-state index in [0.717, 1.165) is 22.3 Å². The zero-order valence-corrected chi connectivity index (χ0v) is 20.8. The molecular weight excluding hydrogens is 456 g/mol. The van der Waals surface area contributed by atoms with Crippen molar-refractivity contribution in [3.63, 3.8) is 0 Å².